The summed E-state index contributed by atoms with van der Waals surface area (Å²) in [6.07, 6.45) is 0. The maximum absolute atomic E-state index is 12.0. The fourth-order valence-electron chi connectivity index (χ4n) is 2.01. The van der Waals surface area contributed by atoms with Crippen molar-refractivity contribution in [3.8, 4) is 11.5 Å². The first-order valence-corrected chi connectivity index (χ1v) is 9.86. The Labute approximate surface area is 164 Å². The number of rotatable bonds is 6. The molecule has 1 aromatic heterocycles. The summed E-state index contributed by atoms with van der Waals surface area (Å²) in [6, 6.07) is 16.1. The van der Waals surface area contributed by atoms with Gasteiger partial charge in [0.2, 0.25) is 5.13 Å². The van der Waals surface area contributed by atoms with Crippen LogP contribution >= 0.6 is 23.1 Å². The maximum atomic E-state index is 12.0. The number of hydrogen-bond acceptors (Lipinski definition) is 7. The zero-order valence-electron chi connectivity index (χ0n) is 14.3. The Morgan fingerprint density at radius 3 is 2.33 bits per heavy atom. The zero-order valence-corrected chi connectivity index (χ0v) is 16.0. The molecule has 0 radical (unpaired) electrons. The molecule has 3 rings (SSSR count). The summed E-state index contributed by atoms with van der Waals surface area (Å²) in [5.74, 6) is 0.604. The molecule has 2 N–H and O–H groups in total. The third kappa shape index (κ3) is 5.53. The van der Waals surface area contributed by atoms with Gasteiger partial charge in [0.1, 0.15) is 11.5 Å². The first-order chi connectivity index (χ1) is 13.1. The van der Waals surface area contributed by atoms with Gasteiger partial charge in [-0.2, -0.15) is 0 Å². The van der Waals surface area contributed by atoms with E-state index >= 15 is 0 Å². The van der Waals surface area contributed by atoms with Gasteiger partial charge in [-0.25, -0.2) is 0 Å². The first kappa shape index (κ1) is 18.9. The number of anilines is 2. The van der Waals surface area contributed by atoms with E-state index in [0.717, 1.165) is 10.1 Å². The molecule has 2 amide bonds. The Hall–Kier alpha value is -2.91. The molecule has 0 bridgehead atoms. The van der Waals surface area contributed by atoms with Gasteiger partial charge in [0, 0.05) is 5.69 Å². The smallest absolute Gasteiger partial charge is 0.315 e. The molecule has 0 spiro atoms. The molecular weight excluding hydrogens is 384 g/mol. The Morgan fingerprint density at radius 2 is 1.63 bits per heavy atom. The molecule has 27 heavy (non-hydrogen) atoms. The third-order valence-electron chi connectivity index (χ3n) is 3.19. The van der Waals surface area contributed by atoms with Crippen molar-refractivity contribution in [3.05, 3.63) is 54.6 Å². The van der Waals surface area contributed by atoms with Crippen LogP contribution in [0.4, 0.5) is 10.8 Å². The van der Waals surface area contributed by atoms with Crippen molar-refractivity contribution in [3.63, 3.8) is 0 Å². The number of aromatic nitrogens is 2. The first-order valence-electron chi connectivity index (χ1n) is 8.05. The number of para-hydroxylation sites is 1. The van der Waals surface area contributed by atoms with E-state index in [1.165, 1.54) is 23.1 Å². The van der Waals surface area contributed by atoms with Gasteiger partial charge in [-0.1, -0.05) is 48.2 Å². The Kier molecular flexibility index (Phi) is 6.39. The fraction of sp³-hybridized carbons (Fsp3) is 0.111. The number of ether oxygens (including phenoxy) is 1. The molecule has 0 atom stereocenters. The highest BCUT2D eigenvalue weighted by Crippen LogP contribution is 2.25. The summed E-state index contributed by atoms with van der Waals surface area (Å²) in [7, 11) is 0. The molecular formula is C18H16N4O3S2. The number of amides is 2. The SMILES string of the molecule is CCSc1nnc(NC(=O)C(=O)Nc2ccc(Oc3ccccc3)cc2)s1. The summed E-state index contributed by atoms with van der Waals surface area (Å²) in [5, 5.41) is 13.0. The Balaban J connectivity index is 1.54. The lowest BCUT2D eigenvalue weighted by Gasteiger charge is -2.07. The molecule has 0 saturated carbocycles. The molecule has 138 valence electrons. The molecule has 0 fully saturated rings. The van der Waals surface area contributed by atoms with Gasteiger partial charge in [-0.15, -0.1) is 10.2 Å². The summed E-state index contributed by atoms with van der Waals surface area (Å²) >= 11 is 2.74. The van der Waals surface area contributed by atoms with E-state index in [9.17, 15) is 9.59 Å². The molecule has 1 heterocycles. The molecule has 0 aliphatic rings. The van der Waals surface area contributed by atoms with Crippen LogP contribution in [0.25, 0.3) is 0 Å². The second kappa shape index (κ2) is 9.15. The molecule has 0 unspecified atom stereocenters. The van der Waals surface area contributed by atoms with Crippen LogP contribution in [-0.4, -0.2) is 27.8 Å². The molecule has 2 aromatic carbocycles. The number of nitrogens with zero attached hydrogens (tertiary/aromatic N) is 2. The number of hydrogen-bond donors (Lipinski definition) is 2. The lowest BCUT2D eigenvalue weighted by atomic mass is 10.3. The molecule has 0 saturated heterocycles. The number of nitrogens with one attached hydrogen (secondary N) is 2. The summed E-state index contributed by atoms with van der Waals surface area (Å²) < 4.78 is 6.42. The van der Waals surface area contributed by atoms with Crippen LogP contribution in [-0.2, 0) is 9.59 Å². The van der Waals surface area contributed by atoms with Crippen LogP contribution < -0.4 is 15.4 Å². The van der Waals surface area contributed by atoms with E-state index in [2.05, 4.69) is 20.8 Å². The predicted octanol–water partition coefficient (Wildman–Crippen LogP) is 4.02. The van der Waals surface area contributed by atoms with Gasteiger partial charge in [-0.3, -0.25) is 14.9 Å². The molecule has 0 aliphatic carbocycles. The quantitative estimate of drug-likeness (QED) is 0.369. The van der Waals surface area contributed by atoms with Crippen molar-refractivity contribution >= 4 is 45.7 Å². The van der Waals surface area contributed by atoms with Crippen LogP contribution in [0.2, 0.25) is 0 Å². The van der Waals surface area contributed by atoms with Crippen molar-refractivity contribution in [1.29, 1.82) is 0 Å². The van der Waals surface area contributed by atoms with Gasteiger partial charge in [0.05, 0.1) is 0 Å². The predicted molar refractivity (Wildman–Crippen MR) is 107 cm³/mol. The van der Waals surface area contributed by atoms with Crippen molar-refractivity contribution in [2.75, 3.05) is 16.4 Å². The van der Waals surface area contributed by atoms with E-state index in [-0.39, 0.29) is 5.13 Å². The summed E-state index contributed by atoms with van der Waals surface area (Å²) in [5.41, 5.74) is 0.482. The highest BCUT2D eigenvalue weighted by atomic mass is 32.2. The van der Waals surface area contributed by atoms with Crippen molar-refractivity contribution in [1.82, 2.24) is 10.2 Å². The van der Waals surface area contributed by atoms with Gasteiger partial charge in [0.25, 0.3) is 0 Å². The molecule has 9 heteroatoms. The van der Waals surface area contributed by atoms with Crippen LogP contribution in [0.15, 0.2) is 58.9 Å². The second-order valence-electron chi connectivity index (χ2n) is 5.15. The number of benzene rings is 2. The fourth-order valence-corrected chi connectivity index (χ4v) is 3.66. The van der Waals surface area contributed by atoms with Gasteiger partial charge < -0.3 is 10.1 Å². The minimum absolute atomic E-state index is 0.290. The summed E-state index contributed by atoms with van der Waals surface area (Å²) in [6.45, 7) is 1.99. The van der Waals surface area contributed by atoms with Gasteiger partial charge in [0.15, 0.2) is 4.34 Å². The molecule has 7 nitrogen and oxygen atoms in total. The maximum Gasteiger partial charge on any atom is 0.315 e. The van der Waals surface area contributed by atoms with E-state index in [4.69, 9.17) is 4.74 Å². The minimum atomic E-state index is -0.802. The second-order valence-corrected chi connectivity index (χ2v) is 7.64. The minimum Gasteiger partial charge on any atom is -0.457 e. The topological polar surface area (TPSA) is 93.2 Å². The zero-order chi connectivity index (χ0) is 19.1. The normalized spacial score (nSPS) is 10.3. The van der Waals surface area contributed by atoms with E-state index in [0.29, 0.717) is 17.2 Å². The standard InChI is InChI=1S/C18H16N4O3S2/c1-2-26-18-22-21-17(27-18)20-16(24)15(23)19-12-8-10-14(11-9-12)25-13-6-4-3-5-7-13/h3-11H,2H2,1H3,(H,19,23)(H,20,21,24). The third-order valence-corrected chi connectivity index (χ3v) is 5.05. The molecule has 3 aromatic rings. The lowest BCUT2D eigenvalue weighted by molar-refractivity contribution is -0.133. The van der Waals surface area contributed by atoms with E-state index < -0.39 is 11.8 Å². The number of carbonyl (C=O) groups excluding carboxylic acids is 2. The Morgan fingerprint density at radius 1 is 0.963 bits per heavy atom. The summed E-state index contributed by atoms with van der Waals surface area (Å²) in [4.78, 5) is 24.0. The van der Waals surface area contributed by atoms with E-state index in [1.54, 1.807) is 24.3 Å². The monoisotopic (exact) mass is 400 g/mol. The Bertz CT molecular complexity index is 914. The van der Waals surface area contributed by atoms with Crippen LogP contribution in [0, 0.1) is 0 Å². The average molecular weight is 400 g/mol. The average Bonchev–Trinajstić information content (AvgIpc) is 3.11. The van der Waals surface area contributed by atoms with Crippen LogP contribution in [0.1, 0.15) is 6.92 Å². The highest BCUT2D eigenvalue weighted by molar-refractivity contribution is 8.01. The molecule has 0 aliphatic heterocycles. The van der Waals surface area contributed by atoms with Gasteiger partial charge >= 0.3 is 11.8 Å². The highest BCUT2D eigenvalue weighted by Gasteiger charge is 2.16. The van der Waals surface area contributed by atoms with Crippen molar-refractivity contribution in [2.24, 2.45) is 0 Å². The lowest BCUT2D eigenvalue weighted by Crippen LogP contribution is -2.29. The van der Waals surface area contributed by atoms with Crippen molar-refractivity contribution < 1.29 is 14.3 Å². The van der Waals surface area contributed by atoms with Gasteiger partial charge in [-0.05, 0) is 42.2 Å². The largest absolute Gasteiger partial charge is 0.457 e. The number of thioether (sulfide) groups is 1. The van der Waals surface area contributed by atoms with E-state index in [1.807, 2.05) is 37.3 Å². The van der Waals surface area contributed by atoms with Crippen molar-refractivity contribution in [2.45, 2.75) is 11.3 Å². The van der Waals surface area contributed by atoms with Crippen LogP contribution in [0.5, 0.6) is 11.5 Å². The number of carbonyl (C=O) groups is 2. The van der Waals surface area contributed by atoms with Crippen LogP contribution in [0.3, 0.4) is 0 Å².